The van der Waals surface area contributed by atoms with E-state index in [2.05, 4.69) is 10.2 Å². The second-order valence-electron chi connectivity index (χ2n) is 3.17. The lowest BCUT2D eigenvalue weighted by atomic mass is 10.2. The summed E-state index contributed by atoms with van der Waals surface area (Å²) in [6.45, 7) is 2.30. The summed E-state index contributed by atoms with van der Waals surface area (Å²) in [5.74, 6) is 0.638. The third kappa shape index (κ3) is 2.84. The topological polar surface area (TPSA) is 35.0 Å². The van der Waals surface area contributed by atoms with E-state index in [0.717, 1.165) is 10.6 Å². The zero-order chi connectivity index (χ0) is 11.5. The van der Waals surface area contributed by atoms with Gasteiger partial charge in [0, 0.05) is 0 Å². The highest BCUT2D eigenvalue weighted by atomic mass is 35.5. The largest absolute Gasteiger partial charge is 0.485 e. The zero-order valence-corrected chi connectivity index (χ0v) is 10.7. The van der Waals surface area contributed by atoms with E-state index in [0.29, 0.717) is 21.8 Å². The van der Waals surface area contributed by atoms with E-state index >= 15 is 0 Å². The van der Waals surface area contributed by atoms with Crippen LogP contribution in [0.4, 0.5) is 0 Å². The number of benzene rings is 1. The molecule has 0 radical (unpaired) electrons. The number of halogens is 2. The molecule has 0 unspecified atom stereocenters. The highest BCUT2D eigenvalue weighted by molar-refractivity contribution is 7.15. The van der Waals surface area contributed by atoms with Gasteiger partial charge < -0.3 is 4.74 Å². The smallest absolute Gasteiger partial charge is 0.207 e. The summed E-state index contributed by atoms with van der Waals surface area (Å²) in [6.07, 6.45) is 0. The zero-order valence-electron chi connectivity index (χ0n) is 8.41. The number of hydrogen-bond acceptors (Lipinski definition) is 4. The third-order valence-electron chi connectivity index (χ3n) is 1.88. The van der Waals surface area contributed by atoms with E-state index < -0.39 is 0 Å². The fourth-order valence-electron chi connectivity index (χ4n) is 1.15. The number of ether oxygens (including phenoxy) is 1. The Morgan fingerprint density at radius 1 is 1.31 bits per heavy atom. The van der Waals surface area contributed by atoms with Crippen molar-refractivity contribution in [3.8, 4) is 5.75 Å². The summed E-state index contributed by atoms with van der Waals surface area (Å²) >= 11 is 13.0. The van der Waals surface area contributed by atoms with Gasteiger partial charge in [0.15, 0.2) is 5.01 Å². The first kappa shape index (κ1) is 11.6. The van der Waals surface area contributed by atoms with Gasteiger partial charge in [-0.05, 0) is 36.2 Å². The Kier molecular flexibility index (Phi) is 3.63. The summed E-state index contributed by atoms with van der Waals surface area (Å²) in [4.78, 5) is 0. The fourth-order valence-corrected chi connectivity index (χ4v) is 2.22. The molecule has 1 aromatic carbocycles. The first-order valence-electron chi connectivity index (χ1n) is 4.52. The molecule has 0 amide bonds. The molecule has 0 saturated carbocycles. The maximum Gasteiger partial charge on any atom is 0.207 e. The number of hydrogen-bond donors (Lipinski definition) is 0. The minimum Gasteiger partial charge on any atom is -0.485 e. The lowest BCUT2D eigenvalue weighted by molar-refractivity contribution is 0.304. The Morgan fingerprint density at radius 2 is 2.12 bits per heavy atom. The normalized spacial score (nSPS) is 10.4. The number of aryl methyl sites for hydroxylation is 1. The highest BCUT2D eigenvalue weighted by Gasteiger charge is 2.05. The second kappa shape index (κ2) is 4.99. The molecular formula is C10H8Cl2N2OS. The van der Waals surface area contributed by atoms with Crippen LogP contribution in [0.15, 0.2) is 18.2 Å². The van der Waals surface area contributed by atoms with Gasteiger partial charge >= 0.3 is 0 Å². The molecule has 0 aliphatic carbocycles. The molecular weight excluding hydrogens is 267 g/mol. The van der Waals surface area contributed by atoms with Crippen LogP contribution in [0.5, 0.6) is 5.75 Å². The van der Waals surface area contributed by atoms with Crippen molar-refractivity contribution < 1.29 is 4.74 Å². The van der Waals surface area contributed by atoms with Gasteiger partial charge in [-0.1, -0.05) is 29.0 Å². The van der Waals surface area contributed by atoms with Crippen LogP contribution in [0.2, 0.25) is 9.49 Å². The van der Waals surface area contributed by atoms with Gasteiger partial charge in [-0.25, -0.2) is 0 Å². The van der Waals surface area contributed by atoms with Gasteiger partial charge in [-0.15, -0.1) is 10.2 Å². The van der Waals surface area contributed by atoms with Crippen LogP contribution in [0, 0.1) is 6.92 Å². The van der Waals surface area contributed by atoms with E-state index in [4.69, 9.17) is 27.9 Å². The average molecular weight is 275 g/mol. The summed E-state index contributed by atoms with van der Waals surface area (Å²) in [7, 11) is 0. The van der Waals surface area contributed by atoms with Crippen LogP contribution in [0.1, 0.15) is 10.6 Å². The Hall–Kier alpha value is -0.840. The summed E-state index contributed by atoms with van der Waals surface area (Å²) in [5.41, 5.74) is 1.09. The van der Waals surface area contributed by atoms with E-state index in [1.165, 1.54) is 11.3 Å². The Morgan fingerprint density at radius 3 is 2.75 bits per heavy atom. The van der Waals surface area contributed by atoms with Crippen LogP contribution in [-0.4, -0.2) is 10.2 Å². The second-order valence-corrected chi connectivity index (χ2v) is 5.22. The summed E-state index contributed by atoms with van der Waals surface area (Å²) in [5, 5.41) is 8.85. The monoisotopic (exact) mass is 274 g/mol. The van der Waals surface area contributed by atoms with Gasteiger partial charge in [-0.2, -0.15) is 0 Å². The molecule has 1 aromatic heterocycles. The molecule has 0 aliphatic heterocycles. The van der Waals surface area contributed by atoms with Crippen molar-refractivity contribution >= 4 is 34.5 Å². The number of aromatic nitrogens is 2. The number of nitrogens with zero attached hydrogens (tertiary/aromatic N) is 2. The molecule has 3 nitrogen and oxygen atoms in total. The lowest BCUT2D eigenvalue weighted by Crippen LogP contribution is -1.95. The predicted molar refractivity (Wildman–Crippen MR) is 65.4 cm³/mol. The number of rotatable bonds is 3. The molecule has 2 rings (SSSR count). The molecule has 1 heterocycles. The maximum absolute atomic E-state index is 6.02. The first-order chi connectivity index (χ1) is 7.65. The molecule has 0 saturated heterocycles. The molecule has 0 spiro atoms. The minimum absolute atomic E-state index is 0.327. The molecule has 0 fully saturated rings. The van der Waals surface area contributed by atoms with Gasteiger partial charge in [-0.3, -0.25) is 0 Å². The van der Waals surface area contributed by atoms with Crippen molar-refractivity contribution in [2.45, 2.75) is 13.5 Å². The molecule has 2 aromatic rings. The molecule has 84 valence electrons. The van der Waals surface area contributed by atoms with Crippen molar-refractivity contribution in [1.82, 2.24) is 10.2 Å². The summed E-state index contributed by atoms with van der Waals surface area (Å²) < 4.78 is 5.92. The molecule has 16 heavy (non-hydrogen) atoms. The van der Waals surface area contributed by atoms with Gasteiger partial charge in [0.25, 0.3) is 0 Å². The van der Waals surface area contributed by atoms with Gasteiger partial charge in [0.05, 0.1) is 5.02 Å². The van der Waals surface area contributed by atoms with Crippen LogP contribution >= 0.6 is 34.5 Å². The van der Waals surface area contributed by atoms with Crippen LogP contribution < -0.4 is 4.74 Å². The Balaban J connectivity index is 2.04. The van der Waals surface area contributed by atoms with Crippen molar-refractivity contribution in [3.05, 3.63) is 38.3 Å². The van der Waals surface area contributed by atoms with Crippen LogP contribution in [0.25, 0.3) is 0 Å². The minimum atomic E-state index is 0.327. The quantitative estimate of drug-likeness (QED) is 0.856. The lowest BCUT2D eigenvalue weighted by Gasteiger charge is -2.06. The maximum atomic E-state index is 6.02. The molecule has 0 N–H and O–H groups in total. The molecule has 0 atom stereocenters. The van der Waals surface area contributed by atoms with E-state index in [1.54, 1.807) is 0 Å². The average Bonchev–Trinajstić information content (AvgIpc) is 2.63. The molecule has 0 aliphatic rings. The fraction of sp³-hybridized carbons (Fsp3) is 0.200. The predicted octanol–water partition coefficient (Wildman–Crippen LogP) is 3.73. The van der Waals surface area contributed by atoms with Gasteiger partial charge in [0.1, 0.15) is 12.4 Å². The van der Waals surface area contributed by atoms with Crippen LogP contribution in [0.3, 0.4) is 0 Å². The summed E-state index contributed by atoms with van der Waals surface area (Å²) in [6, 6.07) is 5.62. The van der Waals surface area contributed by atoms with E-state index in [-0.39, 0.29) is 0 Å². The first-order valence-corrected chi connectivity index (χ1v) is 6.09. The van der Waals surface area contributed by atoms with Crippen LogP contribution in [-0.2, 0) is 6.61 Å². The third-order valence-corrected chi connectivity index (χ3v) is 3.17. The molecule has 0 bridgehead atoms. The van der Waals surface area contributed by atoms with Gasteiger partial charge in [0.2, 0.25) is 4.47 Å². The Labute approximate surface area is 107 Å². The Bertz CT molecular complexity index is 501. The highest BCUT2D eigenvalue weighted by Crippen LogP contribution is 2.26. The van der Waals surface area contributed by atoms with Crippen molar-refractivity contribution in [3.63, 3.8) is 0 Å². The SMILES string of the molecule is Cc1ccc(OCc2nnc(Cl)s2)c(Cl)c1. The van der Waals surface area contributed by atoms with Crippen molar-refractivity contribution in [1.29, 1.82) is 0 Å². The molecule has 6 heteroatoms. The van der Waals surface area contributed by atoms with Crippen molar-refractivity contribution in [2.24, 2.45) is 0 Å². The van der Waals surface area contributed by atoms with E-state index in [1.807, 2.05) is 25.1 Å². The standard InChI is InChI=1S/C10H8Cl2N2OS/c1-6-2-3-8(7(11)4-6)15-5-9-13-14-10(12)16-9/h2-4H,5H2,1H3. The van der Waals surface area contributed by atoms with Crippen molar-refractivity contribution in [2.75, 3.05) is 0 Å². The van der Waals surface area contributed by atoms with E-state index in [9.17, 15) is 0 Å².